The van der Waals surface area contributed by atoms with Gasteiger partial charge < -0.3 is 10.1 Å². The maximum Gasteiger partial charge on any atom is 0.435 e. The molecule has 2 aromatic rings. The molecule has 3 rings (SSSR count). The van der Waals surface area contributed by atoms with Gasteiger partial charge in [0.25, 0.3) is 5.91 Å². The molecule has 2 heterocycles. The summed E-state index contributed by atoms with van der Waals surface area (Å²) >= 11 is 0. The summed E-state index contributed by atoms with van der Waals surface area (Å²) in [5.41, 5.74) is -1.01. The quantitative estimate of drug-likeness (QED) is 0.881. The third kappa shape index (κ3) is 4.33. The zero-order valence-electron chi connectivity index (χ0n) is 14.2. The number of rotatable bonds is 5. The zero-order chi connectivity index (χ0) is 18.7. The second-order valence-electron chi connectivity index (χ2n) is 6.27. The fourth-order valence-corrected chi connectivity index (χ4v) is 2.94. The van der Waals surface area contributed by atoms with Gasteiger partial charge in [-0.3, -0.25) is 9.48 Å². The van der Waals surface area contributed by atoms with E-state index in [0.717, 1.165) is 36.6 Å². The molecular formula is C17H19F3N4O2. The number of alkyl halides is 3. The standard InChI is InChI=1S/C17H19F3N4O2/c1-24-10-13(15(23-24)17(18,19)20)16(25)22-9-11-6-7-21-14(8-11)26-12-4-2-3-5-12/h6-8,10,12H,2-5,9H2,1H3,(H,22,25). The fraction of sp³-hybridized carbons (Fsp3) is 0.471. The van der Waals surface area contributed by atoms with Crippen LogP contribution in [0.15, 0.2) is 24.5 Å². The first-order valence-corrected chi connectivity index (χ1v) is 8.33. The third-order valence-electron chi connectivity index (χ3n) is 4.18. The number of ether oxygens (including phenoxy) is 1. The summed E-state index contributed by atoms with van der Waals surface area (Å²) in [6.45, 7) is 0.0641. The molecule has 1 amide bonds. The molecule has 9 heteroatoms. The van der Waals surface area contributed by atoms with E-state index in [-0.39, 0.29) is 12.6 Å². The molecule has 2 aromatic heterocycles. The average Bonchev–Trinajstić information content (AvgIpc) is 3.22. The topological polar surface area (TPSA) is 69.0 Å². The minimum atomic E-state index is -4.69. The molecule has 1 aliphatic rings. The van der Waals surface area contributed by atoms with Gasteiger partial charge in [-0.2, -0.15) is 18.3 Å². The number of pyridine rings is 1. The highest BCUT2D eigenvalue weighted by Crippen LogP contribution is 2.30. The van der Waals surface area contributed by atoms with Crippen molar-refractivity contribution in [2.75, 3.05) is 0 Å². The lowest BCUT2D eigenvalue weighted by Gasteiger charge is -2.13. The van der Waals surface area contributed by atoms with E-state index in [9.17, 15) is 18.0 Å². The molecule has 0 unspecified atom stereocenters. The summed E-state index contributed by atoms with van der Waals surface area (Å²) in [6, 6.07) is 3.36. The highest BCUT2D eigenvalue weighted by molar-refractivity contribution is 5.95. The molecule has 0 aliphatic heterocycles. The zero-order valence-corrected chi connectivity index (χ0v) is 14.2. The van der Waals surface area contributed by atoms with Crippen LogP contribution >= 0.6 is 0 Å². The molecule has 140 valence electrons. The molecule has 0 radical (unpaired) electrons. The van der Waals surface area contributed by atoms with Crippen LogP contribution in [0.3, 0.4) is 0 Å². The van der Waals surface area contributed by atoms with E-state index in [2.05, 4.69) is 15.4 Å². The Bertz CT molecular complexity index is 783. The number of aromatic nitrogens is 3. The lowest BCUT2D eigenvalue weighted by Crippen LogP contribution is -2.25. The Morgan fingerprint density at radius 1 is 1.38 bits per heavy atom. The van der Waals surface area contributed by atoms with Crippen LogP contribution in [-0.2, 0) is 19.8 Å². The van der Waals surface area contributed by atoms with Crippen molar-refractivity contribution in [2.45, 2.75) is 44.5 Å². The van der Waals surface area contributed by atoms with Crippen molar-refractivity contribution in [3.63, 3.8) is 0 Å². The van der Waals surface area contributed by atoms with Gasteiger partial charge in [-0.25, -0.2) is 4.98 Å². The summed E-state index contributed by atoms with van der Waals surface area (Å²) in [6.07, 6.45) is 2.31. The van der Waals surface area contributed by atoms with Crippen molar-refractivity contribution >= 4 is 5.91 Å². The molecule has 0 aromatic carbocycles. The largest absolute Gasteiger partial charge is 0.474 e. The monoisotopic (exact) mass is 368 g/mol. The van der Waals surface area contributed by atoms with Crippen LogP contribution in [0.2, 0.25) is 0 Å². The van der Waals surface area contributed by atoms with Crippen molar-refractivity contribution in [3.05, 3.63) is 41.3 Å². The Hall–Kier alpha value is -2.58. The Balaban J connectivity index is 1.65. The average molecular weight is 368 g/mol. The van der Waals surface area contributed by atoms with E-state index in [4.69, 9.17) is 4.74 Å². The second-order valence-corrected chi connectivity index (χ2v) is 6.27. The summed E-state index contributed by atoms with van der Waals surface area (Å²) in [4.78, 5) is 16.3. The number of amides is 1. The number of carbonyl (C=O) groups is 1. The minimum Gasteiger partial charge on any atom is -0.474 e. The lowest BCUT2D eigenvalue weighted by atomic mass is 10.2. The van der Waals surface area contributed by atoms with Gasteiger partial charge in [-0.15, -0.1) is 0 Å². The van der Waals surface area contributed by atoms with Gasteiger partial charge >= 0.3 is 6.18 Å². The van der Waals surface area contributed by atoms with E-state index < -0.39 is 23.3 Å². The van der Waals surface area contributed by atoms with Crippen LogP contribution in [0.4, 0.5) is 13.2 Å². The number of nitrogens with one attached hydrogen (secondary N) is 1. The van der Waals surface area contributed by atoms with Gasteiger partial charge in [0.2, 0.25) is 5.88 Å². The number of carbonyl (C=O) groups excluding carboxylic acids is 1. The van der Waals surface area contributed by atoms with Crippen molar-refractivity contribution < 1.29 is 22.7 Å². The molecule has 1 saturated carbocycles. The van der Waals surface area contributed by atoms with Gasteiger partial charge in [0.15, 0.2) is 5.69 Å². The van der Waals surface area contributed by atoms with Crippen LogP contribution in [0.5, 0.6) is 5.88 Å². The van der Waals surface area contributed by atoms with Crippen molar-refractivity contribution in [2.24, 2.45) is 7.05 Å². The lowest BCUT2D eigenvalue weighted by molar-refractivity contribution is -0.141. The molecule has 1 N–H and O–H groups in total. The summed E-state index contributed by atoms with van der Waals surface area (Å²) in [5, 5.41) is 5.82. The van der Waals surface area contributed by atoms with Crippen molar-refractivity contribution in [3.8, 4) is 5.88 Å². The minimum absolute atomic E-state index is 0.0641. The first-order valence-electron chi connectivity index (χ1n) is 8.33. The normalized spacial score (nSPS) is 15.2. The van der Waals surface area contributed by atoms with Crippen LogP contribution in [-0.4, -0.2) is 26.8 Å². The Morgan fingerprint density at radius 3 is 2.81 bits per heavy atom. The number of hydrogen-bond donors (Lipinski definition) is 1. The van der Waals surface area contributed by atoms with Crippen molar-refractivity contribution in [1.82, 2.24) is 20.1 Å². The van der Waals surface area contributed by atoms with Gasteiger partial charge in [0.1, 0.15) is 6.10 Å². The van der Waals surface area contributed by atoms with E-state index in [1.54, 1.807) is 18.3 Å². The second kappa shape index (κ2) is 7.35. The van der Waals surface area contributed by atoms with E-state index in [0.29, 0.717) is 11.4 Å². The number of nitrogens with zero attached hydrogens (tertiary/aromatic N) is 3. The number of hydrogen-bond acceptors (Lipinski definition) is 4. The van der Waals surface area contributed by atoms with Crippen LogP contribution in [0, 0.1) is 0 Å². The molecule has 0 saturated heterocycles. The van der Waals surface area contributed by atoms with Gasteiger partial charge in [0.05, 0.1) is 5.56 Å². The maximum absolute atomic E-state index is 13.0. The Labute approximate surface area is 148 Å². The molecule has 1 aliphatic carbocycles. The molecule has 1 fully saturated rings. The summed E-state index contributed by atoms with van der Waals surface area (Å²) in [5.74, 6) is -0.374. The molecule has 26 heavy (non-hydrogen) atoms. The first-order chi connectivity index (χ1) is 12.3. The molecular weight excluding hydrogens is 349 g/mol. The van der Waals surface area contributed by atoms with Crippen LogP contribution in [0.1, 0.15) is 47.3 Å². The fourth-order valence-electron chi connectivity index (χ4n) is 2.94. The van der Waals surface area contributed by atoms with Gasteiger partial charge in [-0.1, -0.05) is 0 Å². The third-order valence-corrected chi connectivity index (χ3v) is 4.18. The SMILES string of the molecule is Cn1cc(C(=O)NCc2ccnc(OC3CCCC3)c2)c(C(F)(F)F)n1. The smallest absolute Gasteiger partial charge is 0.435 e. The summed E-state index contributed by atoms with van der Waals surface area (Å²) in [7, 11) is 1.33. The van der Waals surface area contributed by atoms with Crippen molar-refractivity contribution in [1.29, 1.82) is 0 Å². The summed E-state index contributed by atoms with van der Waals surface area (Å²) < 4.78 is 45.6. The number of halogens is 3. The Kier molecular flexibility index (Phi) is 5.15. The molecule has 0 spiro atoms. The highest BCUT2D eigenvalue weighted by Gasteiger charge is 2.38. The van der Waals surface area contributed by atoms with E-state index >= 15 is 0 Å². The predicted octanol–water partition coefficient (Wildman–Crippen LogP) is 3.09. The highest BCUT2D eigenvalue weighted by atomic mass is 19.4. The van der Waals surface area contributed by atoms with E-state index in [1.807, 2.05) is 0 Å². The predicted molar refractivity (Wildman–Crippen MR) is 86.5 cm³/mol. The maximum atomic E-state index is 13.0. The Morgan fingerprint density at radius 2 is 2.12 bits per heavy atom. The van der Waals surface area contributed by atoms with Gasteiger partial charge in [0, 0.05) is 32.1 Å². The molecule has 6 nitrogen and oxygen atoms in total. The van der Waals surface area contributed by atoms with E-state index in [1.165, 1.54) is 7.05 Å². The number of aryl methyl sites for hydroxylation is 1. The van der Waals surface area contributed by atoms with Crippen LogP contribution < -0.4 is 10.1 Å². The molecule has 0 atom stereocenters. The van der Waals surface area contributed by atoms with Gasteiger partial charge in [-0.05, 0) is 37.3 Å². The molecule has 0 bridgehead atoms. The first kappa shape index (κ1) is 18.2. The van der Waals surface area contributed by atoms with Crippen LogP contribution in [0.25, 0.3) is 0 Å².